The molecule has 3 aromatic heterocycles. The monoisotopic (exact) mass is 481 g/mol. The van der Waals surface area contributed by atoms with Crippen LogP contribution >= 0.6 is 0 Å². The van der Waals surface area contributed by atoms with Crippen LogP contribution in [0.3, 0.4) is 0 Å². The van der Waals surface area contributed by atoms with Crippen LogP contribution in [0.15, 0.2) is 30.7 Å². The van der Waals surface area contributed by atoms with Crippen molar-refractivity contribution in [2.45, 2.75) is 19.4 Å². The number of carbonyl (C=O) groups excluding carboxylic acids is 1. The molecule has 0 radical (unpaired) electrons. The van der Waals surface area contributed by atoms with Gasteiger partial charge in [0.25, 0.3) is 5.91 Å². The zero-order valence-corrected chi connectivity index (χ0v) is 19.9. The molecular formula is C24H28FN7O3. The number of amides is 1. The lowest BCUT2D eigenvalue weighted by molar-refractivity contribution is 0.102. The minimum atomic E-state index is -0.575. The molecule has 4 aromatic rings. The third-order valence-electron chi connectivity index (χ3n) is 6.25. The van der Waals surface area contributed by atoms with Crippen molar-refractivity contribution < 1.29 is 19.0 Å². The number of halogens is 1. The number of nitrogens with zero attached hydrogens (tertiary/aromatic N) is 5. The number of pyridine rings is 1. The van der Waals surface area contributed by atoms with Crippen LogP contribution in [0.5, 0.6) is 5.75 Å². The van der Waals surface area contributed by atoms with Gasteiger partial charge < -0.3 is 29.8 Å². The maximum absolute atomic E-state index is 14.5. The summed E-state index contributed by atoms with van der Waals surface area (Å²) in [6.07, 6.45) is 6.05. The molecule has 4 heterocycles. The van der Waals surface area contributed by atoms with E-state index in [0.29, 0.717) is 23.9 Å². The fraction of sp³-hybridized carbons (Fsp3) is 0.375. The number of fused-ring (bicyclic) bond motifs is 2. The van der Waals surface area contributed by atoms with Crippen LogP contribution in [-0.2, 0) is 11.8 Å². The average Bonchev–Trinajstić information content (AvgIpc) is 3.51. The molecule has 35 heavy (non-hydrogen) atoms. The van der Waals surface area contributed by atoms with Crippen molar-refractivity contribution in [3.05, 3.63) is 47.8 Å². The second-order valence-electron chi connectivity index (χ2n) is 8.88. The van der Waals surface area contributed by atoms with E-state index in [1.54, 1.807) is 44.2 Å². The number of benzene rings is 1. The number of aromatic nitrogens is 4. The highest BCUT2D eigenvalue weighted by Crippen LogP contribution is 2.37. The quantitative estimate of drug-likeness (QED) is 0.348. The number of rotatable bonds is 7. The van der Waals surface area contributed by atoms with E-state index in [4.69, 9.17) is 4.74 Å². The fourth-order valence-electron chi connectivity index (χ4n) is 4.70. The average molecular weight is 482 g/mol. The number of carbonyl (C=O) groups is 1. The van der Waals surface area contributed by atoms with Crippen molar-refractivity contribution in [3.8, 4) is 5.75 Å². The van der Waals surface area contributed by atoms with E-state index in [9.17, 15) is 14.3 Å². The molecule has 0 unspecified atom stereocenters. The number of anilines is 2. The summed E-state index contributed by atoms with van der Waals surface area (Å²) >= 11 is 0. The predicted octanol–water partition coefficient (Wildman–Crippen LogP) is 2.44. The van der Waals surface area contributed by atoms with E-state index in [0.717, 1.165) is 37.1 Å². The number of phenols is 1. The lowest BCUT2D eigenvalue weighted by Gasteiger charge is -2.21. The molecule has 1 aliphatic rings. The van der Waals surface area contributed by atoms with Gasteiger partial charge in [0.05, 0.1) is 23.7 Å². The smallest absolute Gasteiger partial charge is 0.261 e. The zero-order valence-electron chi connectivity index (χ0n) is 19.9. The Hall–Kier alpha value is -3.70. The van der Waals surface area contributed by atoms with Crippen LogP contribution in [0.1, 0.15) is 22.5 Å². The number of hydrogen-bond acceptors (Lipinski definition) is 7. The van der Waals surface area contributed by atoms with Gasteiger partial charge in [0.2, 0.25) is 0 Å². The highest BCUT2D eigenvalue weighted by molar-refractivity contribution is 6.16. The number of hydrogen-bond donors (Lipinski definition) is 3. The van der Waals surface area contributed by atoms with Crippen LogP contribution in [0.25, 0.3) is 16.6 Å². The van der Waals surface area contributed by atoms with Crippen LogP contribution in [-0.4, -0.2) is 69.6 Å². The topological polar surface area (TPSA) is 109 Å². The lowest BCUT2D eigenvalue weighted by atomic mass is 10.1. The standard InChI is InChI=1S/C24H28FN7O3/c1-14-10-32-12-16(8-18(25)23(32)27-14)28-24(34)21-20(33)9-19(17-13-30(2)29-22(17)21)31-6-4-15(11-31)26-5-7-35-3/h8-10,12-13,15,26,33H,4-7,11H2,1-3H3,(H,28,34)/t15-/m1/s1. The Kier molecular flexibility index (Phi) is 6.03. The van der Waals surface area contributed by atoms with E-state index in [-0.39, 0.29) is 22.6 Å². The van der Waals surface area contributed by atoms with Gasteiger partial charge >= 0.3 is 0 Å². The van der Waals surface area contributed by atoms with Crippen molar-refractivity contribution in [3.63, 3.8) is 0 Å². The highest BCUT2D eigenvalue weighted by atomic mass is 19.1. The summed E-state index contributed by atoms with van der Waals surface area (Å²) in [6.45, 7) is 4.75. The second kappa shape index (κ2) is 9.16. The predicted molar refractivity (Wildman–Crippen MR) is 131 cm³/mol. The minimum Gasteiger partial charge on any atom is -0.507 e. The Morgan fingerprint density at radius 2 is 2.14 bits per heavy atom. The largest absolute Gasteiger partial charge is 0.507 e. The first-order valence-corrected chi connectivity index (χ1v) is 11.5. The van der Waals surface area contributed by atoms with E-state index in [1.165, 1.54) is 10.5 Å². The molecule has 0 aliphatic carbocycles. The van der Waals surface area contributed by atoms with E-state index in [1.807, 2.05) is 6.20 Å². The molecule has 3 N–H and O–H groups in total. The summed E-state index contributed by atoms with van der Waals surface area (Å²) < 4.78 is 22.7. The number of aromatic hydroxyl groups is 1. The Bertz CT molecular complexity index is 1410. The van der Waals surface area contributed by atoms with Crippen molar-refractivity contribution in [2.24, 2.45) is 7.05 Å². The maximum atomic E-state index is 14.5. The zero-order chi connectivity index (χ0) is 24.7. The Morgan fingerprint density at radius 1 is 1.31 bits per heavy atom. The molecule has 11 heteroatoms. The van der Waals surface area contributed by atoms with Crippen LogP contribution in [0.2, 0.25) is 0 Å². The van der Waals surface area contributed by atoms with Crippen molar-refractivity contribution in [2.75, 3.05) is 43.6 Å². The first-order chi connectivity index (χ1) is 16.8. The number of nitrogens with one attached hydrogen (secondary N) is 2. The third kappa shape index (κ3) is 4.40. The van der Waals surface area contributed by atoms with Gasteiger partial charge in [0.15, 0.2) is 11.5 Å². The molecule has 0 bridgehead atoms. The SMILES string of the molecule is COCCN[C@@H]1CCN(c2cc(O)c(C(=O)Nc3cc(F)c4nc(C)cn4c3)c3nn(C)cc23)C1. The first kappa shape index (κ1) is 23.1. The normalized spacial score (nSPS) is 16.0. The van der Waals surface area contributed by atoms with Crippen LogP contribution in [0, 0.1) is 12.7 Å². The van der Waals surface area contributed by atoms with Gasteiger partial charge in [0.1, 0.15) is 16.8 Å². The molecule has 1 aromatic carbocycles. The van der Waals surface area contributed by atoms with Gasteiger partial charge in [-0.05, 0) is 13.3 Å². The van der Waals surface area contributed by atoms with Gasteiger partial charge in [-0.3, -0.25) is 9.48 Å². The van der Waals surface area contributed by atoms with Crippen LogP contribution in [0.4, 0.5) is 15.8 Å². The number of ether oxygens (including phenoxy) is 1. The molecule has 1 amide bonds. The molecular weight excluding hydrogens is 453 g/mol. The molecule has 0 spiro atoms. The molecule has 1 aliphatic heterocycles. The van der Waals surface area contributed by atoms with E-state index >= 15 is 0 Å². The Balaban J connectivity index is 1.45. The first-order valence-electron chi connectivity index (χ1n) is 11.5. The summed E-state index contributed by atoms with van der Waals surface area (Å²) in [5, 5.41) is 22.3. The van der Waals surface area contributed by atoms with Crippen molar-refractivity contribution in [1.82, 2.24) is 24.5 Å². The summed E-state index contributed by atoms with van der Waals surface area (Å²) in [6, 6.07) is 3.12. The highest BCUT2D eigenvalue weighted by Gasteiger charge is 2.28. The molecule has 184 valence electrons. The van der Waals surface area contributed by atoms with Gasteiger partial charge in [-0.25, -0.2) is 9.37 Å². The van der Waals surface area contributed by atoms with E-state index in [2.05, 4.69) is 25.6 Å². The van der Waals surface area contributed by atoms with E-state index < -0.39 is 11.7 Å². The van der Waals surface area contributed by atoms with Gasteiger partial charge in [0, 0.05) is 75.9 Å². The number of phenolic OH excluding ortho intramolecular Hbond substituents is 1. The Labute approximate surface area is 201 Å². The number of imidazole rings is 1. The minimum absolute atomic E-state index is 0.0423. The molecule has 10 nitrogen and oxygen atoms in total. The third-order valence-corrected chi connectivity index (χ3v) is 6.25. The Morgan fingerprint density at radius 3 is 2.94 bits per heavy atom. The maximum Gasteiger partial charge on any atom is 0.261 e. The van der Waals surface area contributed by atoms with Gasteiger partial charge in [-0.2, -0.15) is 5.10 Å². The van der Waals surface area contributed by atoms with Crippen LogP contribution < -0.4 is 15.5 Å². The van der Waals surface area contributed by atoms with Crippen molar-refractivity contribution >= 4 is 33.8 Å². The number of methoxy groups -OCH3 is 1. The molecule has 0 saturated carbocycles. The van der Waals surface area contributed by atoms with Gasteiger partial charge in [-0.15, -0.1) is 0 Å². The van der Waals surface area contributed by atoms with Crippen molar-refractivity contribution in [1.29, 1.82) is 0 Å². The summed E-state index contributed by atoms with van der Waals surface area (Å²) in [5.74, 6) is -1.31. The summed E-state index contributed by atoms with van der Waals surface area (Å²) in [7, 11) is 3.45. The molecule has 5 rings (SSSR count). The summed E-state index contributed by atoms with van der Waals surface area (Å²) in [4.78, 5) is 19.5. The molecule has 1 atom stereocenters. The lowest BCUT2D eigenvalue weighted by Crippen LogP contribution is -2.34. The number of aryl methyl sites for hydroxylation is 2. The molecule has 1 saturated heterocycles. The second-order valence-corrected chi connectivity index (χ2v) is 8.88. The summed E-state index contributed by atoms with van der Waals surface area (Å²) in [5.41, 5.74) is 2.33. The fourth-order valence-corrected chi connectivity index (χ4v) is 4.70. The molecule has 1 fully saturated rings. The van der Waals surface area contributed by atoms with Gasteiger partial charge in [-0.1, -0.05) is 0 Å².